The Hall–Kier alpha value is -1.95. The molecule has 4 heterocycles. The highest BCUT2D eigenvalue weighted by atomic mass is 31.2. The van der Waals surface area contributed by atoms with Gasteiger partial charge in [-0.2, -0.15) is 10.4 Å². The van der Waals surface area contributed by atoms with Gasteiger partial charge in [-0.1, -0.05) is 0 Å². The van der Waals surface area contributed by atoms with Gasteiger partial charge < -0.3 is 10.5 Å². The highest BCUT2D eigenvalue weighted by Crippen LogP contribution is 2.62. The molecule has 2 fully saturated rings. The first-order valence-electron chi connectivity index (χ1n) is 8.67. The molecular formula is C17H21N4O5P. The molecule has 10 heteroatoms. The van der Waals surface area contributed by atoms with Crippen molar-refractivity contribution < 1.29 is 22.9 Å². The molecule has 0 bridgehead atoms. The van der Waals surface area contributed by atoms with Gasteiger partial charge in [0.15, 0.2) is 0 Å². The summed E-state index contributed by atoms with van der Waals surface area (Å²) in [5, 5.41) is 14.3. The van der Waals surface area contributed by atoms with Crippen LogP contribution in [0.1, 0.15) is 32.6 Å². The number of nitriles is 1. The highest BCUT2D eigenvalue weighted by molar-refractivity contribution is 7.48. The molecule has 0 unspecified atom stereocenters. The maximum atomic E-state index is 12.8. The number of hydrogen-bond donors (Lipinski definition) is 1. The number of nitrogen functional groups attached to an aromatic ring is 1. The fourth-order valence-corrected chi connectivity index (χ4v) is 5.28. The van der Waals surface area contributed by atoms with Crippen LogP contribution in [-0.4, -0.2) is 34.5 Å². The van der Waals surface area contributed by atoms with Crippen LogP contribution >= 0.6 is 7.82 Å². The van der Waals surface area contributed by atoms with Crippen molar-refractivity contribution in [3.05, 3.63) is 30.1 Å². The Morgan fingerprint density at radius 3 is 2.96 bits per heavy atom. The third kappa shape index (κ3) is 2.85. The minimum Gasteiger partial charge on any atom is -0.397 e. The fraction of sp³-hybridized carbons (Fsp3) is 0.529. The van der Waals surface area contributed by atoms with Gasteiger partial charge in [0.05, 0.1) is 35.7 Å². The van der Waals surface area contributed by atoms with E-state index in [0.717, 1.165) is 5.52 Å². The molecule has 9 nitrogen and oxygen atoms in total. The Balaban J connectivity index is 1.73. The number of aromatic nitrogens is 2. The zero-order chi connectivity index (χ0) is 19.4. The van der Waals surface area contributed by atoms with Crippen LogP contribution in [0.25, 0.3) is 5.52 Å². The molecule has 5 atom stereocenters. The van der Waals surface area contributed by atoms with Crippen LogP contribution in [0.5, 0.6) is 0 Å². The number of hydrogen-bond acceptors (Lipinski definition) is 8. The Kier molecular flexibility index (Phi) is 4.29. The first-order chi connectivity index (χ1) is 12.8. The van der Waals surface area contributed by atoms with E-state index >= 15 is 0 Å². The third-order valence-electron chi connectivity index (χ3n) is 4.89. The largest absolute Gasteiger partial charge is 0.475 e. The number of phosphoric ester groups is 1. The van der Waals surface area contributed by atoms with Crippen molar-refractivity contribution in [2.45, 2.75) is 45.2 Å². The summed E-state index contributed by atoms with van der Waals surface area (Å²) in [5.41, 5.74) is 6.84. The van der Waals surface area contributed by atoms with E-state index in [1.807, 2.05) is 12.1 Å². The summed E-state index contributed by atoms with van der Waals surface area (Å²) in [7, 11) is -3.77. The first-order valence-corrected chi connectivity index (χ1v) is 10.1. The number of phosphoric acid groups is 1. The van der Waals surface area contributed by atoms with Crippen molar-refractivity contribution in [2.24, 2.45) is 5.41 Å². The van der Waals surface area contributed by atoms with Crippen LogP contribution in [0, 0.1) is 16.7 Å². The highest BCUT2D eigenvalue weighted by Gasteiger charge is 2.61. The molecule has 2 aromatic heterocycles. The van der Waals surface area contributed by atoms with E-state index in [9.17, 15) is 9.83 Å². The van der Waals surface area contributed by atoms with Crippen LogP contribution in [0.15, 0.2) is 24.4 Å². The lowest BCUT2D eigenvalue weighted by Gasteiger charge is -2.34. The molecule has 2 aromatic rings. The van der Waals surface area contributed by atoms with Crippen LogP contribution in [-0.2, 0) is 22.9 Å². The average molecular weight is 392 g/mol. The van der Waals surface area contributed by atoms with Gasteiger partial charge in [0.2, 0.25) is 0 Å². The molecule has 0 aliphatic carbocycles. The summed E-state index contributed by atoms with van der Waals surface area (Å²) >= 11 is 0. The maximum absolute atomic E-state index is 12.8. The number of rotatable bonds is 3. The summed E-state index contributed by atoms with van der Waals surface area (Å²) < 4.78 is 36.9. The molecule has 0 aromatic carbocycles. The van der Waals surface area contributed by atoms with Crippen LogP contribution < -0.4 is 5.73 Å². The molecule has 2 N–H and O–H groups in total. The van der Waals surface area contributed by atoms with Crippen LogP contribution in [0.3, 0.4) is 0 Å². The predicted octanol–water partition coefficient (Wildman–Crippen LogP) is 2.83. The molecule has 0 radical (unpaired) electrons. The molecule has 2 saturated heterocycles. The summed E-state index contributed by atoms with van der Waals surface area (Å²) in [6, 6.07) is 7.64. The summed E-state index contributed by atoms with van der Waals surface area (Å²) in [6.07, 6.45) is -0.743. The molecule has 2 aliphatic heterocycles. The number of nitrogens with zero attached hydrogens (tertiary/aromatic N) is 3. The SMILES string of the molecule is CC(C)O[P@@]1(=O)OC[C@H]2O[C@@H](c3ccc4c(N)ccnn34)[C@](C)(C#N)[C@@H]2O1. The molecule has 27 heavy (non-hydrogen) atoms. The molecule has 2 aliphatic rings. The quantitative estimate of drug-likeness (QED) is 0.792. The summed E-state index contributed by atoms with van der Waals surface area (Å²) in [5.74, 6) is 0. The fourth-order valence-electron chi connectivity index (χ4n) is 3.63. The Morgan fingerprint density at radius 1 is 1.48 bits per heavy atom. The van der Waals surface area contributed by atoms with E-state index in [4.69, 9.17) is 24.0 Å². The van der Waals surface area contributed by atoms with Crippen molar-refractivity contribution in [1.29, 1.82) is 5.26 Å². The van der Waals surface area contributed by atoms with Crippen molar-refractivity contribution >= 4 is 19.0 Å². The Morgan fingerprint density at radius 2 is 2.26 bits per heavy atom. The molecule has 0 saturated carbocycles. The van der Waals surface area contributed by atoms with Gasteiger partial charge in [-0.3, -0.25) is 13.6 Å². The van der Waals surface area contributed by atoms with E-state index in [1.165, 1.54) is 0 Å². The smallest absolute Gasteiger partial charge is 0.397 e. The van der Waals surface area contributed by atoms with Crippen molar-refractivity contribution in [3.63, 3.8) is 0 Å². The maximum Gasteiger partial charge on any atom is 0.475 e. The monoisotopic (exact) mass is 392 g/mol. The minimum absolute atomic E-state index is 0.0152. The van der Waals surface area contributed by atoms with E-state index in [1.54, 1.807) is 37.5 Å². The topological polar surface area (TPSA) is 121 Å². The van der Waals surface area contributed by atoms with Crippen molar-refractivity contribution in [3.8, 4) is 6.07 Å². The van der Waals surface area contributed by atoms with E-state index in [0.29, 0.717) is 11.4 Å². The van der Waals surface area contributed by atoms with E-state index in [2.05, 4.69) is 11.2 Å². The second kappa shape index (κ2) is 6.30. The molecular weight excluding hydrogens is 371 g/mol. The third-order valence-corrected chi connectivity index (χ3v) is 6.52. The number of fused-ring (bicyclic) bond motifs is 2. The summed E-state index contributed by atoms with van der Waals surface area (Å²) in [6.45, 7) is 5.21. The van der Waals surface area contributed by atoms with Gasteiger partial charge in [-0.25, -0.2) is 9.08 Å². The zero-order valence-corrected chi connectivity index (χ0v) is 16.1. The van der Waals surface area contributed by atoms with E-state index in [-0.39, 0.29) is 12.7 Å². The molecule has 4 rings (SSSR count). The lowest BCUT2D eigenvalue weighted by atomic mass is 9.79. The molecule has 144 valence electrons. The predicted molar refractivity (Wildman–Crippen MR) is 95.6 cm³/mol. The Labute approximate surface area is 156 Å². The van der Waals surface area contributed by atoms with Crippen LogP contribution in [0.4, 0.5) is 5.69 Å². The summed E-state index contributed by atoms with van der Waals surface area (Å²) in [4.78, 5) is 0. The lowest BCUT2D eigenvalue weighted by Crippen LogP contribution is -2.42. The second-order valence-corrected chi connectivity index (χ2v) is 8.79. The first kappa shape index (κ1) is 18.4. The number of anilines is 1. The normalized spacial score (nSPS) is 36.0. The van der Waals surface area contributed by atoms with Gasteiger partial charge in [-0.15, -0.1) is 0 Å². The minimum atomic E-state index is -3.77. The van der Waals surface area contributed by atoms with Gasteiger partial charge in [-0.05, 0) is 39.0 Å². The van der Waals surface area contributed by atoms with Gasteiger partial charge >= 0.3 is 7.82 Å². The van der Waals surface area contributed by atoms with Crippen molar-refractivity contribution in [2.75, 3.05) is 12.3 Å². The molecule has 0 spiro atoms. The van der Waals surface area contributed by atoms with E-state index < -0.39 is 31.5 Å². The lowest BCUT2D eigenvalue weighted by molar-refractivity contribution is -0.0640. The zero-order valence-electron chi connectivity index (χ0n) is 15.2. The van der Waals surface area contributed by atoms with Gasteiger partial charge in [0.1, 0.15) is 23.7 Å². The van der Waals surface area contributed by atoms with Crippen LogP contribution in [0.2, 0.25) is 0 Å². The Bertz CT molecular complexity index is 970. The second-order valence-electron chi connectivity index (χ2n) is 7.21. The molecule has 0 amide bonds. The number of nitrogens with two attached hydrogens (primary N) is 1. The number of ether oxygens (including phenoxy) is 1. The van der Waals surface area contributed by atoms with Gasteiger partial charge in [0, 0.05) is 6.20 Å². The van der Waals surface area contributed by atoms with Crippen molar-refractivity contribution in [1.82, 2.24) is 9.61 Å². The standard InChI is InChI=1S/C17H21N4O5P/c1-10(2)25-27(22)23-8-14-16(26-27)17(3,9-18)15(24-14)13-5-4-12-11(19)6-7-20-21(12)13/h4-7,10,14-16H,8,19H2,1-3H3/t14-,15+,16-,17+,27-/m1/s1. The van der Waals surface area contributed by atoms with Gasteiger partial charge in [0.25, 0.3) is 0 Å². The average Bonchev–Trinajstić information content (AvgIpc) is 3.15.